The molecule has 0 aliphatic rings. The normalized spacial score (nSPS) is 11.8. The maximum atomic E-state index is 12.4. The zero-order chi connectivity index (χ0) is 18.0. The van der Waals surface area contributed by atoms with Crippen molar-refractivity contribution in [2.75, 3.05) is 6.26 Å². The summed E-state index contributed by atoms with van der Waals surface area (Å²) >= 11 is 1.60. The summed E-state index contributed by atoms with van der Waals surface area (Å²) in [6.45, 7) is 3.84. The lowest BCUT2D eigenvalue weighted by molar-refractivity contribution is 0.397. The van der Waals surface area contributed by atoms with Gasteiger partial charge in [-0.3, -0.25) is 0 Å². The Labute approximate surface area is 150 Å². The fourth-order valence-electron chi connectivity index (χ4n) is 2.26. The minimum atomic E-state index is -3.76. The lowest BCUT2D eigenvalue weighted by Crippen LogP contribution is -2.22. The van der Waals surface area contributed by atoms with Crippen molar-refractivity contribution in [2.24, 2.45) is 0 Å². The van der Waals surface area contributed by atoms with Gasteiger partial charge in [-0.25, -0.2) is 13.1 Å². The van der Waals surface area contributed by atoms with Crippen LogP contribution in [0.2, 0.25) is 0 Å². The lowest BCUT2D eigenvalue weighted by Gasteiger charge is -2.05. The van der Waals surface area contributed by atoms with E-state index in [0.29, 0.717) is 11.5 Å². The molecule has 3 rings (SSSR count). The SMILES string of the molecule is CSc1cccc(CNS(=O)(=O)c2ccc(-c3onc(C)c3C)o2)c1. The molecule has 0 fully saturated rings. The number of thioether (sulfide) groups is 1. The molecule has 0 radical (unpaired) electrons. The molecule has 132 valence electrons. The summed E-state index contributed by atoms with van der Waals surface area (Å²) in [6, 6.07) is 10.7. The molecule has 0 saturated carbocycles. The largest absolute Gasteiger partial charge is 0.440 e. The van der Waals surface area contributed by atoms with E-state index >= 15 is 0 Å². The molecule has 0 spiro atoms. The highest BCUT2D eigenvalue weighted by atomic mass is 32.2. The molecular weight excluding hydrogens is 360 g/mol. The summed E-state index contributed by atoms with van der Waals surface area (Å²) in [4.78, 5) is 1.08. The van der Waals surface area contributed by atoms with Crippen LogP contribution >= 0.6 is 11.8 Å². The van der Waals surface area contributed by atoms with Crippen molar-refractivity contribution in [3.8, 4) is 11.5 Å². The summed E-state index contributed by atoms with van der Waals surface area (Å²) in [5, 5.41) is 3.70. The predicted octanol–water partition coefficient (Wildman–Crippen LogP) is 3.75. The number of aromatic nitrogens is 1. The van der Waals surface area contributed by atoms with Gasteiger partial charge in [-0.15, -0.1) is 11.8 Å². The summed E-state index contributed by atoms with van der Waals surface area (Å²) in [5.41, 5.74) is 2.44. The van der Waals surface area contributed by atoms with Crippen molar-refractivity contribution >= 4 is 21.8 Å². The van der Waals surface area contributed by atoms with Gasteiger partial charge in [0.15, 0.2) is 5.76 Å². The minimum absolute atomic E-state index is 0.156. The molecule has 8 heteroatoms. The second-order valence-corrected chi connectivity index (χ2v) is 8.09. The number of rotatable bonds is 6. The van der Waals surface area contributed by atoms with Gasteiger partial charge in [-0.1, -0.05) is 17.3 Å². The van der Waals surface area contributed by atoms with Crippen LogP contribution in [0, 0.1) is 13.8 Å². The Bertz CT molecular complexity index is 990. The molecule has 1 N–H and O–H groups in total. The Morgan fingerprint density at radius 1 is 1.20 bits per heavy atom. The van der Waals surface area contributed by atoms with Gasteiger partial charge in [0, 0.05) is 17.0 Å². The first-order valence-corrected chi connectivity index (χ1v) is 10.3. The van der Waals surface area contributed by atoms with Crippen LogP contribution in [-0.2, 0) is 16.6 Å². The van der Waals surface area contributed by atoms with E-state index in [1.165, 1.54) is 6.07 Å². The van der Waals surface area contributed by atoms with Crippen molar-refractivity contribution in [3.63, 3.8) is 0 Å². The van der Waals surface area contributed by atoms with Gasteiger partial charge in [0.2, 0.25) is 10.9 Å². The van der Waals surface area contributed by atoms with E-state index in [1.807, 2.05) is 44.4 Å². The third-order valence-electron chi connectivity index (χ3n) is 3.83. The summed E-state index contributed by atoms with van der Waals surface area (Å²) in [6.07, 6.45) is 1.97. The first kappa shape index (κ1) is 17.8. The van der Waals surface area contributed by atoms with Crippen LogP contribution in [-0.4, -0.2) is 19.8 Å². The van der Waals surface area contributed by atoms with Gasteiger partial charge in [-0.05, 0) is 49.9 Å². The second-order valence-electron chi connectivity index (χ2n) is 5.52. The molecular formula is C17H18N2O4S2. The van der Waals surface area contributed by atoms with E-state index in [2.05, 4.69) is 9.88 Å². The molecule has 6 nitrogen and oxygen atoms in total. The zero-order valence-electron chi connectivity index (χ0n) is 14.1. The van der Waals surface area contributed by atoms with Gasteiger partial charge in [-0.2, -0.15) is 0 Å². The Balaban J connectivity index is 1.77. The van der Waals surface area contributed by atoms with Crippen molar-refractivity contribution in [2.45, 2.75) is 30.4 Å². The number of aryl methyl sites for hydroxylation is 1. The van der Waals surface area contributed by atoms with Gasteiger partial charge >= 0.3 is 0 Å². The lowest BCUT2D eigenvalue weighted by atomic mass is 10.2. The van der Waals surface area contributed by atoms with Crippen LogP contribution in [0.1, 0.15) is 16.8 Å². The maximum Gasteiger partial charge on any atom is 0.274 e. The number of hydrogen-bond acceptors (Lipinski definition) is 6. The quantitative estimate of drug-likeness (QED) is 0.658. The number of hydrogen-bond donors (Lipinski definition) is 1. The molecule has 2 aromatic heterocycles. The summed E-state index contributed by atoms with van der Waals surface area (Å²) < 4.78 is 38.1. The van der Waals surface area contributed by atoms with Crippen molar-refractivity contribution in [1.29, 1.82) is 0 Å². The number of benzene rings is 1. The third kappa shape index (κ3) is 3.81. The van der Waals surface area contributed by atoms with Gasteiger partial charge in [0.1, 0.15) is 0 Å². The molecule has 1 aromatic carbocycles. The van der Waals surface area contributed by atoms with E-state index < -0.39 is 10.0 Å². The molecule has 2 heterocycles. The smallest absolute Gasteiger partial charge is 0.274 e. The van der Waals surface area contributed by atoms with Crippen molar-refractivity contribution < 1.29 is 17.4 Å². The Morgan fingerprint density at radius 3 is 2.68 bits per heavy atom. The molecule has 0 saturated heterocycles. The zero-order valence-corrected chi connectivity index (χ0v) is 15.7. The van der Waals surface area contributed by atoms with Crippen LogP contribution < -0.4 is 4.72 Å². The Hall–Kier alpha value is -2.03. The summed E-state index contributed by atoms with van der Waals surface area (Å²) in [5.74, 6) is 0.773. The number of sulfonamides is 1. The van der Waals surface area contributed by atoms with E-state index in [-0.39, 0.29) is 11.6 Å². The molecule has 25 heavy (non-hydrogen) atoms. The molecule has 0 amide bonds. The fourth-order valence-corrected chi connectivity index (χ4v) is 3.69. The van der Waals surface area contributed by atoms with Crippen molar-refractivity contribution in [1.82, 2.24) is 9.88 Å². The van der Waals surface area contributed by atoms with Gasteiger partial charge < -0.3 is 8.94 Å². The van der Waals surface area contributed by atoms with E-state index in [4.69, 9.17) is 8.94 Å². The Morgan fingerprint density at radius 2 is 2.00 bits per heavy atom. The summed E-state index contributed by atoms with van der Waals surface area (Å²) in [7, 11) is -3.76. The Kier molecular flexibility index (Phi) is 5.03. The first-order valence-electron chi connectivity index (χ1n) is 7.56. The van der Waals surface area contributed by atoms with Crippen LogP contribution in [0.15, 0.2) is 55.3 Å². The minimum Gasteiger partial charge on any atom is -0.440 e. The highest BCUT2D eigenvalue weighted by molar-refractivity contribution is 7.98. The van der Waals surface area contributed by atoms with Crippen molar-refractivity contribution in [3.05, 3.63) is 53.2 Å². The molecule has 3 aromatic rings. The standard InChI is InChI=1S/C17H18N2O4S2/c1-11-12(2)19-23-17(11)15-7-8-16(22-15)25(20,21)18-10-13-5-4-6-14(9-13)24-3/h4-9,18H,10H2,1-3H3. The van der Waals surface area contributed by atoms with Gasteiger partial charge in [0.05, 0.1) is 5.69 Å². The fraction of sp³-hybridized carbons (Fsp3) is 0.235. The number of furan rings is 1. The molecule has 0 bridgehead atoms. The van der Waals surface area contributed by atoms with Gasteiger partial charge in [0.25, 0.3) is 10.0 Å². The maximum absolute atomic E-state index is 12.4. The molecule has 0 aliphatic carbocycles. The predicted molar refractivity (Wildman–Crippen MR) is 95.9 cm³/mol. The van der Waals surface area contributed by atoms with Crippen LogP contribution in [0.3, 0.4) is 0 Å². The molecule has 0 unspecified atom stereocenters. The van der Waals surface area contributed by atoms with E-state index in [9.17, 15) is 8.42 Å². The van der Waals surface area contributed by atoms with Crippen LogP contribution in [0.25, 0.3) is 11.5 Å². The van der Waals surface area contributed by atoms with E-state index in [0.717, 1.165) is 21.7 Å². The van der Waals surface area contributed by atoms with E-state index in [1.54, 1.807) is 17.8 Å². The number of nitrogens with zero attached hydrogens (tertiary/aromatic N) is 1. The molecule has 0 aliphatic heterocycles. The monoisotopic (exact) mass is 378 g/mol. The number of nitrogens with one attached hydrogen (secondary N) is 1. The second kappa shape index (κ2) is 7.07. The molecule has 0 atom stereocenters. The average Bonchev–Trinajstić information content (AvgIpc) is 3.22. The highest BCUT2D eigenvalue weighted by Gasteiger charge is 2.22. The third-order valence-corrected chi connectivity index (χ3v) is 5.83. The highest BCUT2D eigenvalue weighted by Crippen LogP contribution is 2.28. The first-order chi connectivity index (χ1) is 11.9. The van der Waals surface area contributed by atoms with Crippen LogP contribution in [0.4, 0.5) is 0 Å². The average molecular weight is 378 g/mol. The van der Waals surface area contributed by atoms with Crippen LogP contribution in [0.5, 0.6) is 0 Å². The topological polar surface area (TPSA) is 85.3 Å².